The van der Waals surface area contributed by atoms with Crippen LogP contribution in [0.4, 0.5) is 0 Å². The molecule has 0 saturated carbocycles. The Labute approximate surface area is 217 Å². The molecule has 7 heteroatoms. The predicted molar refractivity (Wildman–Crippen MR) is 139 cm³/mol. The maximum atomic E-state index is 12.5. The molecule has 0 amide bonds. The van der Waals surface area contributed by atoms with Crippen LogP contribution >= 0.6 is 0 Å². The molecular weight excluding hydrogens is 472 g/mol. The minimum absolute atomic E-state index is 0.0750. The number of carbonyl (C=O) groups excluding carboxylic acids is 3. The summed E-state index contributed by atoms with van der Waals surface area (Å²) in [5.74, 6) is 0.141. The third-order valence-corrected chi connectivity index (χ3v) is 5.69. The topological polar surface area (TPSA) is 88.1 Å². The maximum absolute atomic E-state index is 12.5. The van der Waals surface area contributed by atoms with Crippen molar-refractivity contribution in [1.29, 1.82) is 0 Å². The van der Waals surface area contributed by atoms with E-state index in [1.54, 1.807) is 60.7 Å². The lowest BCUT2D eigenvalue weighted by atomic mass is 10.1. The summed E-state index contributed by atoms with van der Waals surface area (Å²) in [4.78, 5) is 36.4. The van der Waals surface area contributed by atoms with Crippen LogP contribution in [0.5, 0.6) is 17.2 Å². The molecule has 37 heavy (non-hydrogen) atoms. The summed E-state index contributed by atoms with van der Waals surface area (Å²) in [7, 11) is 0. The minimum atomic E-state index is -0.523. The molecular formula is C30H32O7. The number of esters is 3. The van der Waals surface area contributed by atoms with Gasteiger partial charge in [0.1, 0.15) is 17.2 Å². The lowest BCUT2D eigenvalue weighted by molar-refractivity contribution is -0.148. The molecule has 7 nitrogen and oxygen atoms in total. The van der Waals surface area contributed by atoms with Crippen molar-refractivity contribution in [1.82, 2.24) is 0 Å². The average molecular weight is 505 g/mol. The van der Waals surface area contributed by atoms with Crippen molar-refractivity contribution in [2.75, 3.05) is 13.2 Å². The number of carbonyl (C=O) groups is 3. The number of benzene rings is 3. The first-order valence-corrected chi connectivity index (χ1v) is 12.4. The highest BCUT2D eigenvalue weighted by atomic mass is 16.5. The largest absolute Gasteiger partial charge is 0.494 e. The molecule has 0 aliphatic rings. The summed E-state index contributed by atoms with van der Waals surface area (Å²) >= 11 is 0. The van der Waals surface area contributed by atoms with Gasteiger partial charge in [0.2, 0.25) is 0 Å². The van der Waals surface area contributed by atoms with Gasteiger partial charge in [-0.25, -0.2) is 9.59 Å². The Morgan fingerprint density at radius 3 is 1.65 bits per heavy atom. The number of hydrogen-bond acceptors (Lipinski definition) is 7. The van der Waals surface area contributed by atoms with E-state index < -0.39 is 11.9 Å². The monoisotopic (exact) mass is 504 g/mol. The van der Waals surface area contributed by atoms with E-state index in [0.29, 0.717) is 41.6 Å². The van der Waals surface area contributed by atoms with Gasteiger partial charge in [0.15, 0.2) is 0 Å². The smallest absolute Gasteiger partial charge is 0.343 e. The molecule has 0 fully saturated rings. The van der Waals surface area contributed by atoms with Gasteiger partial charge in [0.25, 0.3) is 0 Å². The lowest BCUT2D eigenvalue weighted by Crippen LogP contribution is -2.15. The Morgan fingerprint density at radius 1 is 0.676 bits per heavy atom. The van der Waals surface area contributed by atoms with Gasteiger partial charge in [-0.05, 0) is 86.8 Å². The summed E-state index contributed by atoms with van der Waals surface area (Å²) in [6.07, 6.45) is 2.23. The summed E-state index contributed by atoms with van der Waals surface area (Å²) in [5.41, 5.74) is 1.78. The second-order valence-corrected chi connectivity index (χ2v) is 8.67. The van der Waals surface area contributed by atoms with Crippen LogP contribution in [0, 0.1) is 12.8 Å². The first-order chi connectivity index (χ1) is 17.9. The molecule has 3 rings (SSSR count). The van der Waals surface area contributed by atoms with E-state index >= 15 is 0 Å². The van der Waals surface area contributed by atoms with Crippen molar-refractivity contribution in [2.45, 2.75) is 40.0 Å². The van der Waals surface area contributed by atoms with E-state index in [-0.39, 0.29) is 11.9 Å². The molecule has 0 aliphatic carbocycles. The van der Waals surface area contributed by atoms with Gasteiger partial charge in [0.05, 0.1) is 30.3 Å². The lowest BCUT2D eigenvalue weighted by Gasteiger charge is -2.10. The zero-order valence-electron chi connectivity index (χ0n) is 21.4. The molecule has 0 spiro atoms. The molecule has 0 aromatic heterocycles. The van der Waals surface area contributed by atoms with Crippen molar-refractivity contribution < 1.29 is 33.3 Å². The molecule has 1 unspecified atom stereocenters. The van der Waals surface area contributed by atoms with Gasteiger partial charge in [0, 0.05) is 0 Å². The van der Waals surface area contributed by atoms with Gasteiger partial charge in [-0.3, -0.25) is 4.79 Å². The highest BCUT2D eigenvalue weighted by Crippen LogP contribution is 2.19. The van der Waals surface area contributed by atoms with Crippen molar-refractivity contribution >= 4 is 17.9 Å². The first kappa shape index (κ1) is 27.5. The Kier molecular flexibility index (Phi) is 10.3. The van der Waals surface area contributed by atoms with Gasteiger partial charge in [-0.1, -0.05) is 31.5 Å². The van der Waals surface area contributed by atoms with Gasteiger partial charge in [-0.2, -0.15) is 0 Å². The quantitative estimate of drug-likeness (QED) is 0.165. The van der Waals surface area contributed by atoms with E-state index in [9.17, 15) is 14.4 Å². The van der Waals surface area contributed by atoms with Gasteiger partial charge >= 0.3 is 17.9 Å². The highest BCUT2D eigenvalue weighted by Gasteiger charge is 2.13. The van der Waals surface area contributed by atoms with Crippen LogP contribution in [0.3, 0.4) is 0 Å². The van der Waals surface area contributed by atoms with Crippen LogP contribution in [0.15, 0.2) is 72.8 Å². The molecule has 0 radical (unpaired) electrons. The summed E-state index contributed by atoms with van der Waals surface area (Å²) in [6, 6.07) is 20.0. The molecule has 3 aromatic rings. The number of hydrogen-bond donors (Lipinski definition) is 0. The van der Waals surface area contributed by atoms with Crippen LogP contribution in [0.2, 0.25) is 0 Å². The first-order valence-electron chi connectivity index (χ1n) is 12.4. The molecule has 1 atom stereocenters. The third kappa shape index (κ3) is 8.79. The van der Waals surface area contributed by atoms with E-state index in [0.717, 1.165) is 24.8 Å². The second kappa shape index (κ2) is 13.8. The Morgan fingerprint density at radius 2 is 1.14 bits per heavy atom. The van der Waals surface area contributed by atoms with Crippen LogP contribution in [-0.4, -0.2) is 31.1 Å². The van der Waals surface area contributed by atoms with Crippen molar-refractivity contribution in [3.63, 3.8) is 0 Å². The third-order valence-electron chi connectivity index (χ3n) is 5.69. The zero-order chi connectivity index (χ0) is 26.6. The normalized spacial score (nSPS) is 11.3. The molecule has 0 heterocycles. The maximum Gasteiger partial charge on any atom is 0.343 e. The number of rotatable bonds is 12. The Hall–Kier alpha value is -4.13. The standard InChI is InChI=1S/C30H32O7/c1-4-22(3)28(31)35-20-6-5-19-34-25-15-9-23(10-16-25)29(32)37-27-17-11-24(12-18-27)30(33)36-26-13-7-21(2)8-14-26/h7-18,22H,4-6,19-20H2,1-3H3. The van der Waals surface area contributed by atoms with Crippen LogP contribution in [0.25, 0.3) is 0 Å². The summed E-state index contributed by atoms with van der Waals surface area (Å²) in [6.45, 7) is 6.62. The van der Waals surface area contributed by atoms with Crippen molar-refractivity contribution in [3.05, 3.63) is 89.5 Å². The van der Waals surface area contributed by atoms with Crippen LogP contribution < -0.4 is 14.2 Å². The number of unbranched alkanes of at least 4 members (excludes halogenated alkanes) is 1. The van der Waals surface area contributed by atoms with Crippen LogP contribution in [-0.2, 0) is 9.53 Å². The summed E-state index contributed by atoms with van der Waals surface area (Å²) < 4.78 is 21.6. The van der Waals surface area contributed by atoms with Crippen molar-refractivity contribution in [2.24, 2.45) is 5.92 Å². The van der Waals surface area contributed by atoms with Crippen LogP contribution in [0.1, 0.15) is 59.4 Å². The Bertz CT molecular complexity index is 1170. The molecule has 0 bridgehead atoms. The van der Waals surface area contributed by atoms with E-state index in [4.69, 9.17) is 18.9 Å². The molecule has 0 N–H and O–H groups in total. The molecule has 194 valence electrons. The fourth-order valence-corrected chi connectivity index (χ4v) is 3.16. The number of aryl methyl sites for hydroxylation is 1. The fourth-order valence-electron chi connectivity index (χ4n) is 3.16. The van der Waals surface area contributed by atoms with E-state index in [2.05, 4.69) is 0 Å². The molecule has 0 aliphatic heterocycles. The fraction of sp³-hybridized carbons (Fsp3) is 0.300. The Balaban J connectivity index is 1.41. The minimum Gasteiger partial charge on any atom is -0.494 e. The summed E-state index contributed by atoms with van der Waals surface area (Å²) in [5, 5.41) is 0. The van der Waals surface area contributed by atoms with Gasteiger partial charge < -0.3 is 18.9 Å². The average Bonchev–Trinajstić information content (AvgIpc) is 2.92. The predicted octanol–water partition coefficient (Wildman–Crippen LogP) is 6.18. The second-order valence-electron chi connectivity index (χ2n) is 8.67. The van der Waals surface area contributed by atoms with Crippen molar-refractivity contribution in [3.8, 4) is 17.2 Å². The number of ether oxygens (including phenoxy) is 4. The van der Waals surface area contributed by atoms with E-state index in [1.807, 2.05) is 32.9 Å². The molecule has 0 saturated heterocycles. The molecule has 3 aromatic carbocycles. The van der Waals surface area contributed by atoms with Gasteiger partial charge in [-0.15, -0.1) is 0 Å². The SMILES string of the molecule is CCC(C)C(=O)OCCCCOc1ccc(C(=O)Oc2ccc(C(=O)Oc3ccc(C)cc3)cc2)cc1. The van der Waals surface area contributed by atoms with E-state index in [1.165, 1.54) is 0 Å². The zero-order valence-corrected chi connectivity index (χ0v) is 21.4. The highest BCUT2D eigenvalue weighted by molar-refractivity contribution is 5.92.